The summed E-state index contributed by atoms with van der Waals surface area (Å²) in [7, 11) is 1.60. The van der Waals surface area contributed by atoms with E-state index in [0.29, 0.717) is 28.2 Å². The van der Waals surface area contributed by atoms with E-state index in [0.717, 1.165) is 0 Å². The van der Waals surface area contributed by atoms with Gasteiger partial charge in [-0.15, -0.1) is 5.10 Å². The summed E-state index contributed by atoms with van der Waals surface area (Å²) in [4.78, 5) is 4.36. The van der Waals surface area contributed by atoms with Crippen molar-refractivity contribution < 1.29 is 4.74 Å². The van der Waals surface area contributed by atoms with E-state index in [2.05, 4.69) is 25.8 Å². The normalized spacial score (nSPS) is 11.1. The smallest absolute Gasteiger partial charge is 0.245 e. The Morgan fingerprint density at radius 1 is 1.24 bits per heavy atom. The zero-order chi connectivity index (χ0) is 15.5. The van der Waals surface area contributed by atoms with Crippen molar-refractivity contribution in [1.29, 1.82) is 0 Å². The number of nitrogens with zero attached hydrogens (tertiary/aromatic N) is 3. The Hall–Kier alpha value is -2.08. The van der Waals surface area contributed by atoms with E-state index in [-0.39, 0.29) is 5.54 Å². The summed E-state index contributed by atoms with van der Waals surface area (Å²) in [6, 6.07) is 5.31. The van der Waals surface area contributed by atoms with E-state index >= 15 is 0 Å². The Kier molecular flexibility index (Phi) is 4.47. The summed E-state index contributed by atoms with van der Waals surface area (Å²) in [5.74, 6) is 1.68. The van der Waals surface area contributed by atoms with Gasteiger partial charge in [-0.1, -0.05) is 11.6 Å². The third-order valence-corrected chi connectivity index (χ3v) is 2.70. The van der Waals surface area contributed by atoms with Crippen molar-refractivity contribution in [3.63, 3.8) is 0 Å². The lowest BCUT2D eigenvalue weighted by atomic mass is 10.1. The van der Waals surface area contributed by atoms with Crippen LogP contribution in [0.15, 0.2) is 24.4 Å². The molecule has 1 heterocycles. The molecule has 0 aliphatic rings. The number of benzene rings is 1. The summed E-state index contributed by atoms with van der Waals surface area (Å²) in [6.07, 6.45) is 1.54. The lowest BCUT2D eigenvalue weighted by molar-refractivity contribution is 0.417. The quantitative estimate of drug-likeness (QED) is 0.901. The van der Waals surface area contributed by atoms with E-state index in [4.69, 9.17) is 16.3 Å². The van der Waals surface area contributed by atoms with E-state index in [9.17, 15) is 0 Å². The first-order chi connectivity index (χ1) is 9.87. The molecule has 0 amide bonds. The maximum Gasteiger partial charge on any atom is 0.245 e. The molecule has 0 bridgehead atoms. The molecule has 0 radical (unpaired) electrons. The highest BCUT2D eigenvalue weighted by molar-refractivity contribution is 6.31. The van der Waals surface area contributed by atoms with Gasteiger partial charge in [-0.05, 0) is 39.0 Å². The number of nitrogens with one attached hydrogen (secondary N) is 2. The summed E-state index contributed by atoms with van der Waals surface area (Å²) in [6.45, 7) is 6.07. The second-order valence-corrected chi connectivity index (χ2v) is 5.95. The third-order valence-electron chi connectivity index (χ3n) is 2.47. The lowest BCUT2D eigenvalue weighted by Gasteiger charge is -2.20. The zero-order valence-electron chi connectivity index (χ0n) is 12.4. The molecule has 2 N–H and O–H groups in total. The first-order valence-corrected chi connectivity index (χ1v) is 6.84. The lowest BCUT2D eigenvalue weighted by Crippen LogP contribution is -2.27. The molecule has 0 saturated heterocycles. The van der Waals surface area contributed by atoms with Gasteiger partial charge in [0.1, 0.15) is 5.75 Å². The second kappa shape index (κ2) is 6.13. The van der Waals surface area contributed by atoms with Gasteiger partial charge in [-0.3, -0.25) is 0 Å². The van der Waals surface area contributed by atoms with Crippen molar-refractivity contribution in [3.05, 3.63) is 29.4 Å². The molecule has 0 saturated carbocycles. The van der Waals surface area contributed by atoms with Gasteiger partial charge in [0.2, 0.25) is 5.95 Å². The Morgan fingerprint density at radius 3 is 2.67 bits per heavy atom. The van der Waals surface area contributed by atoms with Crippen LogP contribution < -0.4 is 15.4 Å². The molecule has 0 unspecified atom stereocenters. The average molecular weight is 308 g/mol. The van der Waals surface area contributed by atoms with Gasteiger partial charge in [0, 0.05) is 10.6 Å². The number of halogens is 1. The fourth-order valence-electron chi connectivity index (χ4n) is 1.67. The van der Waals surface area contributed by atoms with Crippen LogP contribution in [0.25, 0.3) is 0 Å². The fourth-order valence-corrected chi connectivity index (χ4v) is 1.84. The first-order valence-electron chi connectivity index (χ1n) is 6.46. The van der Waals surface area contributed by atoms with E-state index < -0.39 is 0 Å². The average Bonchev–Trinajstić information content (AvgIpc) is 2.37. The van der Waals surface area contributed by atoms with E-state index in [1.807, 2.05) is 20.8 Å². The molecule has 0 atom stereocenters. The van der Waals surface area contributed by atoms with Gasteiger partial charge in [0.25, 0.3) is 0 Å². The highest BCUT2D eigenvalue weighted by Gasteiger charge is 2.12. The standard InChI is InChI=1S/C14H18ClN5O/c1-14(2,3)19-13-18-12(8-16-20-13)17-10-7-9(15)5-6-11(10)21-4/h5-8H,1-4H3,(H2,17,18,19,20). The van der Waals surface area contributed by atoms with Gasteiger partial charge in [-0.2, -0.15) is 10.1 Å². The van der Waals surface area contributed by atoms with Crippen LogP contribution in [0.3, 0.4) is 0 Å². The van der Waals surface area contributed by atoms with E-state index in [1.54, 1.807) is 25.3 Å². The number of hydrogen-bond donors (Lipinski definition) is 2. The second-order valence-electron chi connectivity index (χ2n) is 5.51. The molecule has 7 heteroatoms. The Bertz CT molecular complexity index is 627. The van der Waals surface area contributed by atoms with Crippen LogP contribution in [0.1, 0.15) is 20.8 Å². The predicted octanol–water partition coefficient (Wildman–Crippen LogP) is 3.49. The van der Waals surface area contributed by atoms with Gasteiger partial charge in [-0.25, -0.2) is 0 Å². The van der Waals surface area contributed by atoms with Gasteiger partial charge in [0.05, 0.1) is 19.0 Å². The Balaban J connectivity index is 2.24. The monoisotopic (exact) mass is 307 g/mol. The fraction of sp³-hybridized carbons (Fsp3) is 0.357. The topological polar surface area (TPSA) is 72.0 Å². The minimum absolute atomic E-state index is 0.145. The van der Waals surface area contributed by atoms with Crippen molar-refractivity contribution in [1.82, 2.24) is 15.2 Å². The molecule has 1 aromatic heterocycles. The summed E-state index contributed by atoms with van der Waals surface area (Å²) in [5.41, 5.74) is 0.570. The van der Waals surface area contributed by atoms with Crippen LogP contribution in [0.5, 0.6) is 5.75 Å². The summed E-state index contributed by atoms with van der Waals surface area (Å²) < 4.78 is 5.28. The maximum absolute atomic E-state index is 6.00. The molecule has 21 heavy (non-hydrogen) atoms. The predicted molar refractivity (Wildman–Crippen MR) is 84.5 cm³/mol. The van der Waals surface area contributed by atoms with Crippen molar-refractivity contribution in [3.8, 4) is 5.75 Å². The van der Waals surface area contributed by atoms with Crippen molar-refractivity contribution in [2.75, 3.05) is 17.7 Å². The van der Waals surface area contributed by atoms with Crippen LogP contribution in [-0.2, 0) is 0 Å². The van der Waals surface area contributed by atoms with Gasteiger partial charge >= 0.3 is 0 Å². The molecule has 112 valence electrons. The molecule has 6 nitrogen and oxygen atoms in total. The highest BCUT2D eigenvalue weighted by Crippen LogP contribution is 2.29. The van der Waals surface area contributed by atoms with Gasteiger partial charge < -0.3 is 15.4 Å². The Morgan fingerprint density at radius 2 is 2.00 bits per heavy atom. The summed E-state index contributed by atoms with van der Waals surface area (Å²) in [5, 5.41) is 14.8. The zero-order valence-corrected chi connectivity index (χ0v) is 13.2. The third kappa shape index (κ3) is 4.46. The van der Waals surface area contributed by atoms with Crippen LogP contribution in [0.4, 0.5) is 17.5 Å². The van der Waals surface area contributed by atoms with Crippen molar-refractivity contribution >= 4 is 29.1 Å². The number of ether oxygens (including phenoxy) is 1. The van der Waals surface area contributed by atoms with Crippen molar-refractivity contribution in [2.45, 2.75) is 26.3 Å². The largest absolute Gasteiger partial charge is 0.495 e. The molecular formula is C14H18ClN5O. The van der Waals surface area contributed by atoms with Crippen LogP contribution >= 0.6 is 11.6 Å². The SMILES string of the molecule is COc1ccc(Cl)cc1Nc1cnnc(NC(C)(C)C)n1. The molecule has 0 aliphatic carbocycles. The number of rotatable bonds is 4. The highest BCUT2D eigenvalue weighted by atomic mass is 35.5. The minimum atomic E-state index is -0.145. The van der Waals surface area contributed by atoms with Crippen molar-refractivity contribution in [2.24, 2.45) is 0 Å². The number of hydrogen-bond acceptors (Lipinski definition) is 6. The van der Waals surface area contributed by atoms with Gasteiger partial charge in [0.15, 0.2) is 5.82 Å². The molecular weight excluding hydrogens is 290 g/mol. The minimum Gasteiger partial charge on any atom is -0.495 e. The number of methoxy groups -OCH3 is 1. The molecule has 0 fully saturated rings. The first kappa shape index (κ1) is 15.3. The molecule has 2 aromatic rings. The molecule has 2 rings (SSSR count). The Labute approximate surface area is 128 Å². The number of anilines is 3. The van der Waals surface area contributed by atoms with Crippen LogP contribution in [-0.4, -0.2) is 27.8 Å². The molecule has 1 aromatic carbocycles. The maximum atomic E-state index is 6.00. The molecule has 0 aliphatic heterocycles. The molecule has 0 spiro atoms. The van der Waals surface area contributed by atoms with Crippen LogP contribution in [0, 0.1) is 0 Å². The van der Waals surface area contributed by atoms with Crippen LogP contribution in [0.2, 0.25) is 5.02 Å². The van der Waals surface area contributed by atoms with E-state index in [1.165, 1.54) is 6.20 Å². The summed E-state index contributed by atoms with van der Waals surface area (Å²) >= 11 is 6.00. The number of aromatic nitrogens is 3.